The lowest BCUT2D eigenvalue weighted by atomic mass is 10.2. The van der Waals surface area contributed by atoms with Crippen molar-refractivity contribution >= 4 is 27.2 Å². The van der Waals surface area contributed by atoms with E-state index in [2.05, 4.69) is 4.98 Å². The minimum atomic E-state index is -3.52. The number of hydrogen-bond donors (Lipinski definition) is 1. The summed E-state index contributed by atoms with van der Waals surface area (Å²) < 4.78 is 26.0. The molecule has 7 heteroatoms. The van der Waals surface area contributed by atoms with Crippen LogP contribution in [0.3, 0.4) is 0 Å². The minimum absolute atomic E-state index is 0.161. The van der Waals surface area contributed by atoms with E-state index in [1.165, 1.54) is 22.8 Å². The zero-order chi connectivity index (χ0) is 13.8. The van der Waals surface area contributed by atoms with E-state index in [0.29, 0.717) is 11.5 Å². The topological polar surface area (TPSA) is 76.3 Å². The van der Waals surface area contributed by atoms with Crippen molar-refractivity contribution < 1.29 is 8.42 Å². The fourth-order valence-corrected chi connectivity index (χ4v) is 3.02. The van der Waals surface area contributed by atoms with Gasteiger partial charge in [0.05, 0.1) is 4.99 Å². The predicted octanol–water partition coefficient (Wildman–Crippen LogP) is 1.01. The molecule has 0 bridgehead atoms. The quantitative estimate of drug-likeness (QED) is 0.790. The Morgan fingerprint density at radius 2 is 2.28 bits per heavy atom. The first-order chi connectivity index (χ1) is 8.39. The lowest BCUT2D eigenvalue weighted by Crippen LogP contribution is -2.38. The third-order valence-electron chi connectivity index (χ3n) is 2.59. The Kier molecular flexibility index (Phi) is 5.18. The van der Waals surface area contributed by atoms with Gasteiger partial charge >= 0.3 is 0 Å². The Labute approximate surface area is 113 Å². The number of aromatic nitrogens is 1. The number of sulfonamides is 1. The summed E-state index contributed by atoms with van der Waals surface area (Å²) in [5.41, 5.74) is 5.52. The molecule has 5 nitrogen and oxygen atoms in total. The van der Waals surface area contributed by atoms with Crippen molar-refractivity contribution in [2.75, 3.05) is 13.1 Å². The van der Waals surface area contributed by atoms with Crippen molar-refractivity contribution in [2.24, 2.45) is 11.7 Å². The number of rotatable bonds is 6. The van der Waals surface area contributed by atoms with Crippen molar-refractivity contribution in [3.05, 3.63) is 24.5 Å². The molecule has 1 rings (SSSR count). The summed E-state index contributed by atoms with van der Waals surface area (Å²) in [6.07, 6.45) is 2.87. The second kappa shape index (κ2) is 6.21. The molecule has 1 atom stereocenters. The summed E-state index contributed by atoms with van der Waals surface area (Å²) in [7, 11) is -3.52. The van der Waals surface area contributed by atoms with Crippen molar-refractivity contribution in [3.63, 3.8) is 0 Å². The van der Waals surface area contributed by atoms with Gasteiger partial charge in [-0.15, -0.1) is 0 Å². The molecule has 2 N–H and O–H groups in total. The maximum atomic E-state index is 12.3. The SMILES string of the molecule is CCN(CC(C)C(N)=S)S(=O)(=O)c1cccnc1. The number of pyridine rings is 1. The Morgan fingerprint density at radius 1 is 1.61 bits per heavy atom. The molecule has 0 aliphatic rings. The van der Waals surface area contributed by atoms with E-state index in [1.54, 1.807) is 13.0 Å². The van der Waals surface area contributed by atoms with Crippen LogP contribution >= 0.6 is 12.2 Å². The van der Waals surface area contributed by atoms with E-state index in [0.717, 1.165) is 0 Å². The van der Waals surface area contributed by atoms with Crippen LogP contribution < -0.4 is 5.73 Å². The van der Waals surface area contributed by atoms with Crippen molar-refractivity contribution in [3.8, 4) is 0 Å². The molecule has 1 unspecified atom stereocenters. The molecule has 0 radical (unpaired) electrons. The Bertz CT molecular complexity index is 502. The summed E-state index contributed by atoms with van der Waals surface area (Å²) in [6, 6.07) is 3.12. The molecule has 0 aromatic carbocycles. The average Bonchev–Trinajstić information content (AvgIpc) is 2.36. The fraction of sp³-hybridized carbons (Fsp3) is 0.455. The highest BCUT2D eigenvalue weighted by molar-refractivity contribution is 7.89. The van der Waals surface area contributed by atoms with Gasteiger partial charge < -0.3 is 5.73 Å². The molecule has 0 fully saturated rings. The highest BCUT2D eigenvalue weighted by Crippen LogP contribution is 2.15. The number of thiocarbonyl (C=S) groups is 1. The van der Waals surface area contributed by atoms with Gasteiger partial charge in [-0.25, -0.2) is 8.42 Å². The van der Waals surface area contributed by atoms with Crippen molar-refractivity contribution in [2.45, 2.75) is 18.7 Å². The maximum absolute atomic E-state index is 12.3. The average molecular weight is 287 g/mol. The molecule has 1 aromatic heterocycles. The Hall–Kier alpha value is -1.05. The smallest absolute Gasteiger partial charge is 0.244 e. The first-order valence-electron chi connectivity index (χ1n) is 5.59. The third kappa shape index (κ3) is 3.47. The van der Waals surface area contributed by atoms with Crippen LogP contribution in [0.2, 0.25) is 0 Å². The van der Waals surface area contributed by atoms with Gasteiger partial charge in [0.15, 0.2) is 0 Å². The number of nitrogens with zero attached hydrogens (tertiary/aromatic N) is 2. The number of hydrogen-bond acceptors (Lipinski definition) is 4. The van der Waals surface area contributed by atoms with Gasteiger partial charge in [-0.3, -0.25) is 4.98 Å². The molecule has 1 heterocycles. The van der Waals surface area contributed by atoms with Crippen LogP contribution in [0.5, 0.6) is 0 Å². The summed E-state index contributed by atoms with van der Waals surface area (Å²) in [5, 5.41) is 0. The van der Waals surface area contributed by atoms with Crippen LogP contribution in [0.15, 0.2) is 29.4 Å². The largest absolute Gasteiger partial charge is 0.393 e. The minimum Gasteiger partial charge on any atom is -0.393 e. The van der Waals surface area contributed by atoms with Gasteiger partial charge in [-0.2, -0.15) is 4.31 Å². The van der Waals surface area contributed by atoms with Gasteiger partial charge in [0.1, 0.15) is 4.90 Å². The monoisotopic (exact) mass is 287 g/mol. The lowest BCUT2D eigenvalue weighted by Gasteiger charge is -2.23. The Balaban J connectivity index is 2.98. The molecule has 0 aliphatic carbocycles. The summed E-state index contributed by atoms with van der Waals surface area (Å²) >= 11 is 4.87. The maximum Gasteiger partial charge on any atom is 0.244 e. The van der Waals surface area contributed by atoms with Crippen molar-refractivity contribution in [1.29, 1.82) is 0 Å². The van der Waals surface area contributed by atoms with E-state index < -0.39 is 10.0 Å². The van der Waals surface area contributed by atoms with Crippen LogP contribution in [0.25, 0.3) is 0 Å². The van der Waals surface area contributed by atoms with E-state index in [4.69, 9.17) is 18.0 Å². The van der Waals surface area contributed by atoms with Crippen LogP contribution in [-0.2, 0) is 10.0 Å². The van der Waals surface area contributed by atoms with Crippen LogP contribution in [0.4, 0.5) is 0 Å². The molecule has 0 amide bonds. The predicted molar refractivity (Wildman–Crippen MR) is 74.6 cm³/mol. The summed E-state index contributed by atoms with van der Waals surface area (Å²) in [4.78, 5) is 4.32. The molecule has 1 aromatic rings. The van der Waals surface area contributed by atoms with E-state index in [9.17, 15) is 8.42 Å². The molecule has 18 heavy (non-hydrogen) atoms. The van der Waals surface area contributed by atoms with Crippen molar-refractivity contribution in [1.82, 2.24) is 9.29 Å². The van der Waals surface area contributed by atoms with E-state index in [-0.39, 0.29) is 17.4 Å². The van der Waals surface area contributed by atoms with Crippen LogP contribution in [0.1, 0.15) is 13.8 Å². The molecule has 0 aliphatic heterocycles. The third-order valence-corrected chi connectivity index (χ3v) is 4.91. The normalized spacial score (nSPS) is 13.5. The highest BCUT2D eigenvalue weighted by atomic mass is 32.2. The first-order valence-corrected chi connectivity index (χ1v) is 7.44. The standard InChI is InChI=1S/C11H17N3O2S2/c1-3-14(8-9(2)11(12)17)18(15,16)10-5-4-6-13-7-10/h4-7,9H,3,8H2,1-2H3,(H2,12,17). The second-order valence-corrected chi connectivity index (χ2v) is 6.36. The fourth-order valence-electron chi connectivity index (χ4n) is 1.44. The van der Waals surface area contributed by atoms with Crippen LogP contribution in [0, 0.1) is 5.92 Å². The van der Waals surface area contributed by atoms with Gasteiger partial charge in [-0.1, -0.05) is 26.1 Å². The van der Waals surface area contributed by atoms with Crippen LogP contribution in [-0.4, -0.2) is 35.8 Å². The Morgan fingerprint density at radius 3 is 2.72 bits per heavy atom. The highest BCUT2D eigenvalue weighted by Gasteiger charge is 2.25. The molecular weight excluding hydrogens is 270 g/mol. The van der Waals surface area contributed by atoms with E-state index >= 15 is 0 Å². The second-order valence-electron chi connectivity index (χ2n) is 3.95. The zero-order valence-corrected chi connectivity index (χ0v) is 12.0. The molecular formula is C11H17N3O2S2. The molecule has 0 saturated carbocycles. The summed E-state index contributed by atoms with van der Waals surface area (Å²) in [5.74, 6) is -0.161. The summed E-state index contributed by atoms with van der Waals surface area (Å²) in [6.45, 7) is 4.23. The van der Waals surface area contributed by atoms with Gasteiger partial charge in [-0.05, 0) is 12.1 Å². The molecule has 100 valence electrons. The van der Waals surface area contributed by atoms with Gasteiger partial charge in [0, 0.05) is 31.4 Å². The number of nitrogens with two attached hydrogens (primary N) is 1. The lowest BCUT2D eigenvalue weighted by molar-refractivity contribution is 0.405. The van der Waals surface area contributed by atoms with E-state index in [1.807, 2.05) is 6.92 Å². The molecule has 0 saturated heterocycles. The van der Waals surface area contributed by atoms with Gasteiger partial charge in [0.2, 0.25) is 10.0 Å². The molecule has 0 spiro atoms. The zero-order valence-electron chi connectivity index (χ0n) is 10.4. The first kappa shape index (κ1) is 15.0. The van der Waals surface area contributed by atoms with Gasteiger partial charge in [0.25, 0.3) is 0 Å².